The molecule has 6 heteroatoms. The zero-order valence-electron chi connectivity index (χ0n) is 16.2. The maximum Gasteiger partial charge on any atom is 0.226 e. The lowest BCUT2D eigenvalue weighted by Gasteiger charge is -2.11. The van der Waals surface area contributed by atoms with Crippen LogP contribution in [-0.4, -0.2) is 36.7 Å². The summed E-state index contributed by atoms with van der Waals surface area (Å²) in [5.41, 5.74) is 2.99. The molecule has 0 aliphatic carbocycles. The first-order valence-electron chi connectivity index (χ1n) is 9.23. The zero-order valence-corrected chi connectivity index (χ0v) is 16.2. The molecule has 0 saturated carbocycles. The summed E-state index contributed by atoms with van der Waals surface area (Å²) in [7, 11) is 0. The van der Waals surface area contributed by atoms with Gasteiger partial charge in [-0.25, -0.2) is 9.98 Å². The average molecular weight is 358 g/mol. The number of aromatic nitrogens is 1. The van der Waals surface area contributed by atoms with Crippen molar-refractivity contribution in [3.05, 3.63) is 41.8 Å². The normalized spacial score (nSPS) is 11.8. The molecule has 2 aromatic rings. The summed E-state index contributed by atoms with van der Waals surface area (Å²) >= 11 is 0. The molecule has 0 bridgehead atoms. The first kappa shape index (κ1) is 20.0. The van der Waals surface area contributed by atoms with Gasteiger partial charge in [0.25, 0.3) is 0 Å². The van der Waals surface area contributed by atoms with Crippen molar-refractivity contribution in [2.24, 2.45) is 4.99 Å². The lowest BCUT2D eigenvalue weighted by molar-refractivity contribution is 0.0776. The largest absolute Gasteiger partial charge is 0.444 e. The minimum atomic E-state index is 0.270. The van der Waals surface area contributed by atoms with E-state index in [1.54, 1.807) is 6.26 Å². The molecule has 6 nitrogen and oxygen atoms in total. The van der Waals surface area contributed by atoms with Crippen LogP contribution in [0.5, 0.6) is 0 Å². The van der Waals surface area contributed by atoms with Crippen LogP contribution in [0, 0.1) is 6.92 Å². The average Bonchev–Trinajstić information content (AvgIpc) is 3.08. The van der Waals surface area contributed by atoms with E-state index in [0.717, 1.165) is 43.3 Å². The van der Waals surface area contributed by atoms with Gasteiger partial charge in [0, 0.05) is 25.3 Å². The fraction of sp³-hybridized carbons (Fsp3) is 0.500. The van der Waals surface area contributed by atoms with Gasteiger partial charge in [-0.1, -0.05) is 17.7 Å². The van der Waals surface area contributed by atoms with Crippen molar-refractivity contribution in [3.63, 3.8) is 0 Å². The van der Waals surface area contributed by atoms with Crippen molar-refractivity contribution in [1.82, 2.24) is 15.6 Å². The molecule has 0 fully saturated rings. The van der Waals surface area contributed by atoms with Gasteiger partial charge < -0.3 is 19.8 Å². The van der Waals surface area contributed by atoms with Crippen LogP contribution >= 0.6 is 0 Å². The number of hydrogen-bond acceptors (Lipinski definition) is 4. The fourth-order valence-electron chi connectivity index (χ4n) is 2.31. The molecule has 0 unspecified atom stereocenters. The number of guanidine groups is 1. The van der Waals surface area contributed by atoms with Crippen molar-refractivity contribution in [2.45, 2.75) is 46.8 Å². The van der Waals surface area contributed by atoms with Crippen molar-refractivity contribution in [3.8, 4) is 11.5 Å². The van der Waals surface area contributed by atoms with E-state index in [1.165, 1.54) is 5.56 Å². The Hall–Kier alpha value is -2.34. The third kappa shape index (κ3) is 6.88. The van der Waals surface area contributed by atoms with Gasteiger partial charge in [-0.15, -0.1) is 0 Å². The van der Waals surface area contributed by atoms with E-state index in [4.69, 9.17) is 9.15 Å². The van der Waals surface area contributed by atoms with Gasteiger partial charge in [0.05, 0.1) is 12.6 Å². The Labute approximate surface area is 156 Å². The molecule has 142 valence electrons. The quantitative estimate of drug-likeness (QED) is 0.408. The molecule has 0 spiro atoms. The highest BCUT2D eigenvalue weighted by atomic mass is 16.5. The Bertz CT molecular complexity index is 677. The number of rotatable bonds is 9. The Morgan fingerprint density at radius 2 is 2.00 bits per heavy atom. The van der Waals surface area contributed by atoms with Gasteiger partial charge in [-0.3, -0.25) is 0 Å². The second kappa shape index (κ2) is 10.6. The first-order chi connectivity index (χ1) is 12.6. The molecule has 1 heterocycles. The SMILES string of the molecule is CCNC(=NCc1coc(-c2ccc(C)cc2)n1)NCCCOC(C)C. The Balaban J connectivity index is 1.87. The molecule has 0 saturated heterocycles. The van der Waals surface area contributed by atoms with Gasteiger partial charge >= 0.3 is 0 Å². The number of nitrogens with one attached hydrogen (secondary N) is 2. The van der Waals surface area contributed by atoms with Crippen LogP contribution in [0.15, 0.2) is 39.9 Å². The van der Waals surface area contributed by atoms with Crippen molar-refractivity contribution in [2.75, 3.05) is 19.7 Å². The summed E-state index contributed by atoms with van der Waals surface area (Å²) in [6.45, 7) is 11.0. The Kier molecular flexibility index (Phi) is 8.15. The highest BCUT2D eigenvalue weighted by Gasteiger charge is 2.06. The lowest BCUT2D eigenvalue weighted by Crippen LogP contribution is -2.38. The summed E-state index contributed by atoms with van der Waals surface area (Å²) in [4.78, 5) is 9.09. The highest BCUT2D eigenvalue weighted by Crippen LogP contribution is 2.19. The molecular formula is C20H30N4O2. The number of benzene rings is 1. The maximum atomic E-state index is 5.58. The van der Waals surface area contributed by atoms with E-state index in [9.17, 15) is 0 Å². The summed E-state index contributed by atoms with van der Waals surface area (Å²) in [6.07, 6.45) is 2.87. The number of aryl methyl sites for hydroxylation is 1. The summed E-state index contributed by atoms with van der Waals surface area (Å²) in [6, 6.07) is 8.12. The van der Waals surface area contributed by atoms with Crippen LogP contribution < -0.4 is 10.6 Å². The van der Waals surface area contributed by atoms with Gasteiger partial charge in [0.1, 0.15) is 12.0 Å². The molecule has 0 amide bonds. The van der Waals surface area contributed by atoms with Crippen LogP contribution in [0.25, 0.3) is 11.5 Å². The van der Waals surface area contributed by atoms with Crippen molar-refractivity contribution < 1.29 is 9.15 Å². The van der Waals surface area contributed by atoms with Crippen molar-refractivity contribution in [1.29, 1.82) is 0 Å². The van der Waals surface area contributed by atoms with Crippen LogP contribution in [0.3, 0.4) is 0 Å². The lowest BCUT2D eigenvalue weighted by atomic mass is 10.1. The van der Waals surface area contributed by atoms with Crippen LogP contribution in [0.4, 0.5) is 0 Å². The standard InChI is InChI=1S/C20H30N4O2/c1-5-21-20(22-11-6-12-25-15(2)3)23-13-18-14-26-19(24-18)17-9-7-16(4)8-10-17/h7-10,14-15H,5-6,11-13H2,1-4H3,(H2,21,22,23). The molecule has 2 rings (SSSR count). The Morgan fingerprint density at radius 3 is 2.69 bits per heavy atom. The molecule has 0 aliphatic heterocycles. The van der Waals surface area contributed by atoms with Crippen LogP contribution in [0.1, 0.15) is 38.4 Å². The fourth-order valence-corrected chi connectivity index (χ4v) is 2.31. The maximum absolute atomic E-state index is 5.58. The highest BCUT2D eigenvalue weighted by molar-refractivity contribution is 5.79. The minimum Gasteiger partial charge on any atom is -0.444 e. The van der Waals surface area contributed by atoms with Gasteiger partial charge in [-0.2, -0.15) is 0 Å². The number of nitrogens with zero attached hydrogens (tertiary/aromatic N) is 2. The molecule has 0 atom stereocenters. The summed E-state index contributed by atoms with van der Waals surface area (Å²) < 4.78 is 11.1. The van der Waals surface area contributed by atoms with E-state index in [0.29, 0.717) is 12.4 Å². The summed E-state index contributed by atoms with van der Waals surface area (Å²) in [5.74, 6) is 1.40. The minimum absolute atomic E-state index is 0.270. The zero-order chi connectivity index (χ0) is 18.8. The topological polar surface area (TPSA) is 71.7 Å². The number of hydrogen-bond donors (Lipinski definition) is 2. The van der Waals surface area contributed by atoms with E-state index in [-0.39, 0.29) is 6.10 Å². The van der Waals surface area contributed by atoms with Gasteiger partial charge in [-0.05, 0) is 46.2 Å². The third-order valence-electron chi connectivity index (χ3n) is 3.66. The van der Waals surface area contributed by atoms with Crippen LogP contribution in [0.2, 0.25) is 0 Å². The second-order valence-electron chi connectivity index (χ2n) is 6.41. The number of oxazole rings is 1. The smallest absolute Gasteiger partial charge is 0.226 e. The van der Waals surface area contributed by atoms with E-state index in [1.807, 2.05) is 45.0 Å². The van der Waals surface area contributed by atoms with Crippen LogP contribution in [-0.2, 0) is 11.3 Å². The molecule has 2 N–H and O–H groups in total. The Morgan fingerprint density at radius 1 is 1.23 bits per heavy atom. The van der Waals surface area contributed by atoms with Crippen molar-refractivity contribution >= 4 is 5.96 Å². The van der Waals surface area contributed by atoms with Gasteiger partial charge in [0.2, 0.25) is 5.89 Å². The first-order valence-corrected chi connectivity index (χ1v) is 9.23. The molecule has 1 aromatic heterocycles. The number of aliphatic imine (C=N–C) groups is 1. The third-order valence-corrected chi connectivity index (χ3v) is 3.66. The van der Waals surface area contributed by atoms with E-state index in [2.05, 4.69) is 27.5 Å². The molecule has 26 heavy (non-hydrogen) atoms. The molecule has 0 radical (unpaired) electrons. The van der Waals surface area contributed by atoms with E-state index < -0.39 is 0 Å². The molecule has 1 aromatic carbocycles. The molecule has 0 aliphatic rings. The molecular weight excluding hydrogens is 328 g/mol. The monoisotopic (exact) mass is 358 g/mol. The number of ether oxygens (including phenoxy) is 1. The van der Waals surface area contributed by atoms with Gasteiger partial charge in [0.15, 0.2) is 5.96 Å². The van der Waals surface area contributed by atoms with E-state index >= 15 is 0 Å². The second-order valence-corrected chi connectivity index (χ2v) is 6.41. The predicted molar refractivity (Wildman–Crippen MR) is 105 cm³/mol. The predicted octanol–water partition coefficient (Wildman–Crippen LogP) is 3.52. The summed E-state index contributed by atoms with van der Waals surface area (Å²) in [5, 5.41) is 6.55.